The van der Waals surface area contributed by atoms with E-state index in [1.54, 1.807) is 30.5 Å². The molecule has 0 amide bonds. The summed E-state index contributed by atoms with van der Waals surface area (Å²) in [5, 5.41) is 31.3. The number of nitrogens with zero attached hydrogens (tertiary/aromatic N) is 2. The third-order valence-corrected chi connectivity index (χ3v) is 4.28. The second-order valence-electron chi connectivity index (χ2n) is 6.60. The highest BCUT2D eigenvalue weighted by molar-refractivity contribution is 5.38. The smallest absolute Gasteiger partial charge is 0.273 e. The zero-order chi connectivity index (χ0) is 20.6. The van der Waals surface area contributed by atoms with Gasteiger partial charge in [-0.05, 0) is 24.3 Å². The first-order valence-corrected chi connectivity index (χ1v) is 9.08. The summed E-state index contributed by atoms with van der Waals surface area (Å²) in [5.74, 6) is 1.23. The summed E-state index contributed by atoms with van der Waals surface area (Å²) in [6.45, 7) is 1.07. The van der Waals surface area contributed by atoms with Gasteiger partial charge in [0.2, 0.25) is 0 Å². The van der Waals surface area contributed by atoms with Gasteiger partial charge in [0.05, 0.1) is 23.8 Å². The maximum Gasteiger partial charge on any atom is 0.273 e. The van der Waals surface area contributed by atoms with Crippen LogP contribution in [0, 0.1) is 10.1 Å². The molecule has 3 rings (SSSR count). The van der Waals surface area contributed by atoms with Crippen molar-refractivity contribution < 1.29 is 24.3 Å². The van der Waals surface area contributed by atoms with Crippen LogP contribution in [0.5, 0.6) is 11.5 Å². The summed E-state index contributed by atoms with van der Waals surface area (Å²) in [5.41, 5.74) is 0.654. The van der Waals surface area contributed by atoms with Crippen molar-refractivity contribution in [3.05, 3.63) is 88.4 Å². The van der Waals surface area contributed by atoms with Crippen LogP contribution in [0.3, 0.4) is 0 Å². The number of ether oxygens (including phenoxy) is 1. The highest BCUT2D eigenvalue weighted by Crippen LogP contribution is 2.21. The van der Waals surface area contributed by atoms with Crippen LogP contribution < -0.4 is 4.74 Å². The molecule has 0 saturated heterocycles. The van der Waals surface area contributed by atoms with Crippen molar-refractivity contribution in [3.8, 4) is 11.5 Å². The van der Waals surface area contributed by atoms with Gasteiger partial charge in [0.15, 0.2) is 0 Å². The maximum atomic E-state index is 10.9. The number of non-ortho nitro benzene ring substituents is 1. The quantitative estimate of drug-likeness (QED) is 0.398. The Bertz CT molecular complexity index is 928. The van der Waals surface area contributed by atoms with Crippen LogP contribution in [-0.2, 0) is 13.1 Å². The third kappa shape index (κ3) is 6.06. The second kappa shape index (κ2) is 9.72. The van der Waals surface area contributed by atoms with Crippen molar-refractivity contribution in [1.29, 1.82) is 0 Å². The Morgan fingerprint density at radius 2 is 1.93 bits per heavy atom. The van der Waals surface area contributed by atoms with E-state index in [1.807, 2.05) is 23.1 Å². The monoisotopic (exact) mass is 398 g/mol. The number of nitro groups is 1. The summed E-state index contributed by atoms with van der Waals surface area (Å²) in [4.78, 5) is 12.3. The molecule has 8 nitrogen and oxygen atoms in total. The number of aromatic hydroxyl groups is 1. The number of rotatable bonds is 10. The lowest BCUT2D eigenvalue weighted by molar-refractivity contribution is -0.384. The number of aliphatic hydroxyl groups is 1. The number of hydrogen-bond donors (Lipinski definition) is 2. The fourth-order valence-electron chi connectivity index (χ4n) is 2.92. The third-order valence-electron chi connectivity index (χ3n) is 4.28. The summed E-state index contributed by atoms with van der Waals surface area (Å²) in [6, 6.07) is 16.5. The van der Waals surface area contributed by atoms with Crippen molar-refractivity contribution in [2.75, 3.05) is 13.2 Å². The molecular weight excluding hydrogens is 376 g/mol. The number of nitro benzene ring substituents is 1. The Labute approximate surface area is 167 Å². The predicted octanol–water partition coefficient (Wildman–Crippen LogP) is 3.34. The van der Waals surface area contributed by atoms with E-state index in [2.05, 4.69) is 0 Å². The van der Waals surface area contributed by atoms with E-state index >= 15 is 0 Å². The first-order chi connectivity index (χ1) is 14.0. The molecule has 0 fully saturated rings. The molecule has 1 heterocycles. The Balaban J connectivity index is 1.62. The average molecular weight is 398 g/mol. The molecule has 2 N–H and O–H groups in total. The summed E-state index contributed by atoms with van der Waals surface area (Å²) >= 11 is 0. The summed E-state index contributed by atoms with van der Waals surface area (Å²) in [7, 11) is 0. The van der Waals surface area contributed by atoms with Crippen molar-refractivity contribution in [3.63, 3.8) is 0 Å². The summed E-state index contributed by atoms with van der Waals surface area (Å²) in [6.07, 6.45) is 0.727. The number of furan rings is 1. The van der Waals surface area contributed by atoms with E-state index in [-0.39, 0.29) is 24.6 Å². The molecule has 29 heavy (non-hydrogen) atoms. The first kappa shape index (κ1) is 20.4. The van der Waals surface area contributed by atoms with Crippen LogP contribution in [0.2, 0.25) is 0 Å². The first-order valence-electron chi connectivity index (χ1n) is 9.08. The Hall–Kier alpha value is -3.36. The van der Waals surface area contributed by atoms with Crippen molar-refractivity contribution in [2.45, 2.75) is 19.2 Å². The van der Waals surface area contributed by atoms with Crippen LogP contribution in [0.25, 0.3) is 0 Å². The predicted molar refractivity (Wildman–Crippen MR) is 106 cm³/mol. The molecule has 0 radical (unpaired) electrons. The molecule has 1 atom stereocenters. The number of hydrogen-bond acceptors (Lipinski definition) is 7. The summed E-state index contributed by atoms with van der Waals surface area (Å²) < 4.78 is 10.9. The van der Waals surface area contributed by atoms with Gasteiger partial charge in [-0.3, -0.25) is 15.0 Å². The van der Waals surface area contributed by atoms with Gasteiger partial charge >= 0.3 is 0 Å². The Kier molecular flexibility index (Phi) is 6.83. The van der Waals surface area contributed by atoms with E-state index in [9.17, 15) is 20.3 Å². The van der Waals surface area contributed by atoms with Crippen LogP contribution in [0.1, 0.15) is 11.3 Å². The molecule has 2 aromatic carbocycles. The average Bonchev–Trinajstić information content (AvgIpc) is 3.21. The van der Waals surface area contributed by atoms with Gasteiger partial charge in [-0.2, -0.15) is 0 Å². The lowest BCUT2D eigenvalue weighted by Crippen LogP contribution is -2.35. The SMILES string of the molecule is O=[N+]([O-])c1cccc(OCC(O)CN(Cc2ccco2)Cc2ccccc2O)c1. The molecule has 0 aliphatic heterocycles. The highest BCUT2D eigenvalue weighted by atomic mass is 16.6. The molecule has 0 aliphatic carbocycles. The zero-order valence-corrected chi connectivity index (χ0v) is 15.7. The minimum absolute atomic E-state index is 0.0312. The molecular formula is C21H22N2O6. The maximum absolute atomic E-state index is 10.9. The largest absolute Gasteiger partial charge is 0.508 e. The van der Waals surface area contributed by atoms with E-state index in [0.717, 1.165) is 11.3 Å². The topological polar surface area (TPSA) is 109 Å². The number of benzene rings is 2. The van der Waals surface area contributed by atoms with E-state index in [0.29, 0.717) is 18.8 Å². The van der Waals surface area contributed by atoms with Gasteiger partial charge < -0.3 is 19.4 Å². The van der Waals surface area contributed by atoms with E-state index in [1.165, 1.54) is 18.2 Å². The molecule has 3 aromatic rings. The van der Waals surface area contributed by atoms with E-state index in [4.69, 9.17) is 9.15 Å². The van der Waals surface area contributed by atoms with Crippen LogP contribution in [0.4, 0.5) is 5.69 Å². The second-order valence-corrected chi connectivity index (χ2v) is 6.60. The normalized spacial score (nSPS) is 12.1. The fourth-order valence-corrected chi connectivity index (χ4v) is 2.92. The Morgan fingerprint density at radius 1 is 1.10 bits per heavy atom. The van der Waals surface area contributed by atoms with Gasteiger partial charge in [-0.15, -0.1) is 0 Å². The van der Waals surface area contributed by atoms with Crippen LogP contribution in [0.15, 0.2) is 71.3 Å². The van der Waals surface area contributed by atoms with Gasteiger partial charge in [0, 0.05) is 24.7 Å². The Morgan fingerprint density at radius 3 is 2.66 bits per heavy atom. The number of aliphatic hydroxyl groups excluding tert-OH is 1. The lowest BCUT2D eigenvalue weighted by atomic mass is 10.1. The number of para-hydroxylation sites is 1. The number of phenolic OH excluding ortho intramolecular Hbond substituents is 1. The van der Waals surface area contributed by atoms with Crippen molar-refractivity contribution >= 4 is 5.69 Å². The van der Waals surface area contributed by atoms with E-state index < -0.39 is 11.0 Å². The van der Waals surface area contributed by atoms with Gasteiger partial charge in [-0.1, -0.05) is 24.3 Å². The minimum atomic E-state index is -0.852. The van der Waals surface area contributed by atoms with Crippen molar-refractivity contribution in [2.24, 2.45) is 0 Å². The molecule has 0 aliphatic rings. The van der Waals surface area contributed by atoms with Crippen LogP contribution >= 0.6 is 0 Å². The standard InChI is InChI=1S/C21H22N2O6/c24-18(15-29-19-7-3-6-17(11-19)23(26)27)13-22(14-20-8-4-10-28-20)12-16-5-1-2-9-21(16)25/h1-11,18,24-25H,12-15H2. The molecule has 0 saturated carbocycles. The molecule has 8 heteroatoms. The van der Waals surface area contributed by atoms with Crippen LogP contribution in [-0.4, -0.2) is 39.3 Å². The van der Waals surface area contributed by atoms with Gasteiger partial charge in [0.1, 0.15) is 30.0 Å². The van der Waals surface area contributed by atoms with Gasteiger partial charge in [0.25, 0.3) is 5.69 Å². The number of phenols is 1. The zero-order valence-electron chi connectivity index (χ0n) is 15.7. The lowest BCUT2D eigenvalue weighted by Gasteiger charge is -2.24. The molecule has 1 unspecified atom stereocenters. The minimum Gasteiger partial charge on any atom is -0.508 e. The molecule has 1 aromatic heterocycles. The van der Waals surface area contributed by atoms with Gasteiger partial charge in [-0.25, -0.2) is 0 Å². The fraction of sp³-hybridized carbons (Fsp3) is 0.238. The molecule has 152 valence electrons. The van der Waals surface area contributed by atoms with Crippen molar-refractivity contribution in [1.82, 2.24) is 4.90 Å². The molecule has 0 bridgehead atoms. The molecule has 0 spiro atoms. The highest BCUT2D eigenvalue weighted by Gasteiger charge is 2.17.